The molecule has 2 rings (SSSR count). The van der Waals surface area contributed by atoms with Crippen LogP contribution in [0.5, 0.6) is 0 Å². The van der Waals surface area contributed by atoms with Crippen molar-refractivity contribution in [3.05, 3.63) is 34.1 Å². The predicted octanol–water partition coefficient (Wildman–Crippen LogP) is 3.65. The number of aliphatic imine (C=N–C) groups is 1. The summed E-state index contributed by atoms with van der Waals surface area (Å²) >= 11 is 3.28. The molecule has 0 bridgehead atoms. The van der Waals surface area contributed by atoms with Gasteiger partial charge >= 0.3 is 0 Å². The molecule has 142 valence electrons. The Kier molecular flexibility index (Phi) is 10.9. The zero-order valence-electron chi connectivity index (χ0n) is 15.0. The minimum Gasteiger partial charge on any atom is -0.356 e. The van der Waals surface area contributed by atoms with Crippen molar-refractivity contribution in [3.8, 4) is 0 Å². The smallest absolute Gasteiger partial charge is 0.190 e. The molecule has 0 amide bonds. The van der Waals surface area contributed by atoms with Crippen molar-refractivity contribution in [2.24, 2.45) is 10.9 Å². The number of likely N-dealkylation sites (tertiary alicyclic amines) is 1. The fraction of sp³-hybridized carbons (Fsp3) is 0.611. The second-order valence-corrected chi connectivity index (χ2v) is 7.38. The number of hydrogen-bond donors (Lipinski definition) is 2. The fourth-order valence-electron chi connectivity index (χ4n) is 2.94. The lowest BCUT2D eigenvalue weighted by Crippen LogP contribution is -2.42. The van der Waals surface area contributed by atoms with Crippen molar-refractivity contribution >= 4 is 45.9 Å². The van der Waals surface area contributed by atoms with Gasteiger partial charge in [-0.15, -0.1) is 24.0 Å². The molecule has 1 saturated heterocycles. The Morgan fingerprint density at radius 1 is 1.32 bits per heavy atom. The molecule has 0 atom stereocenters. The number of piperidine rings is 1. The molecule has 7 heteroatoms. The van der Waals surface area contributed by atoms with Crippen LogP contribution in [0.4, 0.5) is 4.39 Å². The van der Waals surface area contributed by atoms with E-state index in [4.69, 9.17) is 0 Å². The minimum absolute atomic E-state index is 0. The van der Waals surface area contributed by atoms with E-state index in [1.54, 1.807) is 7.05 Å². The first kappa shape index (κ1) is 22.6. The van der Waals surface area contributed by atoms with Gasteiger partial charge in [-0.05, 0) is 69.4 Å². The average Bonchev–Trinajstić information content (AvgIpc) is 2.57. The zero-order valence-corrected chi connectivity index (χ0v) is 18.9. The van der Waals surface area contributed by atoms with Crippen LogP contribution in [0.3, 0.4) is 0 Å². The Bertz CT molecular complexity index is 548. The molecule has 1 heterocycles. The van der Waals surface area contributed by atoms with Crippen LogP contribution in [-0.2, 0) is 6.42 Å². The lowest BCUT2D eigenvalue weighted by Gasteiger charge is -2.29. The number of aryl methyl sites for hydroxylation is 1. The molecule has 2 N–H and O–H groups in total. The molecule has 0 spiro atoms. The van der Waals surface area contributed by atoms with Crippen LogP contribution in [0, 0.1) is 11.7 Å². The molecule has 0 unspecified atom stereocenters. The van der Waals surface area contributed by atoms with Gasteiger partial charge in [0.2, 0.25) is 0 Å². The van der Waals surface area contributed by atoms with Gasteiger partial charge in [0.15, 0.2) is 5.96 Å². The molecule has 0 saturated carbocycles. The molecule has 1 aromatic carbocycles. The second-order valence-electron chi connectivity index (χ2n) is 6.47. The van der Waals surface area contributed by atoms with Crippen LogP contribution in [-0.4, -0.2) is 51.1 Å². The van der Waals surface area contributed by atoms with E-state index in [1.807, 2.05) is 12.1 Å². The molecule has 0 radical (unpaired) electrons. The monoisotopic (exact) mass is 526 g/mol. The van der Waals surface area contributed by atoms with Gasteiger partial charge in [-0.2, -0.15) is 0 Å². The standard InChI is InChI=1S/C18H28BrFN4.HI/c1-21-18(23-13-14-7-10-24(2)11-8-14)22-9-3-4-15-5-6-16(19)12-17(15)20;/h5-6,12,14H,3-4,7-11,13H2,1-2H3,(H2,21,22,23);1H. The van der Waals surface area contributed by atoms with E-state index < -0.39 is 0 Å². The highest BCUT2D eigenvalue weighted by molar-refractivity contribution is 14.0. The topological polar surface area (TPSA) is 39.7 Å². The van der Waals surface area contributed by atoms with Crippen LogP contribution < -0.4 is 10.6 Å². The van der Waals surface area contributed by atoms with E-state index in [9.17, 15) is 4.39 Å². The summed E-state index contributed by atoms with van der Waals surface area (Å²) in [6.45, 7) is 4.10. The van der Waals surface area contributed by atoms with Crippen molar-refractivity contribution in [3.63, 3.8) is 0 Å². The second kappa shape index (κ2) is 12.1. The summed E-state index contributed by atoms with van der Waals surface area (Å²) in [4.78, 5) is 6.64. The number of benzene rings is 1. The highest BCUT2D eigenvalue weighted by Gasteiger charge is 2.16. The van der Waals surface area contributed by atoms with Gasteiger partial charge in [0.1, 0.15) is 5.82 Å². The summed E-state index contributed by atoms with van der Waals surface area (Å²) in [7, 11) is 3.97. The first-order valence-electron chi connectivity index (χ1n) is 8.65. The van der Waals surface area contributed by atoms with E-state index >= 15 is 0 Å². The predicted molar refractivity (Wildman–Crippen MR) is 117 cm³/mol. The van der Waals surface area contributed by atoms with Crippen LogP contribution in [0.1, 0.15) is 24.8 Å². The van der Waals surface area contributed by atoms with Crippen molar-refractivity contribution in [2.45, 2.75) is 25.7 Å². The molecule has 25 heavy (non-hydrogen) atoms. The van der Waals surface area contributed by atoms with Gasteiger partial charge < -0.3 is 15.5 Å². The van der Waals surface area contributed by atoms with E-state index in [2.05, 4.69) is 43.5 Å². The number of nitrogens with zero attached hydrogens (tertiary/aromatic N) is 2. The molecule has 0 aliphatic carbocycles. The molecule has 1 aromatic rings. The molecular weight excluding hydrogens is 498 g/mol. The third-order valence-electron chi connectivity index (χ3n) is 4.55. The Morgan fingerprint density at radius 2 is 2.04 bits per heavy atom. The maximum atomic E-state index is 13.8. The maximum absolute atomic E-state index is 13.8. The van der Waals surface area contributed by atoms with Gasteiger partial charge in [-0.3, -0.25) is 4.99 Å². The van der Waals surface area contributed by atoms with E-state index in [-0.39, 0.29) is 29.8 Å². The van der Waals surface area contributed by atoms with Crippen LogP contribution in [0.15, 0.2) is 27.7 Å². The van der Waals surface area contributed by atoms with Crippen molar-refractivity contribution < 1.29 is 4.39 Å². The van der Waals surface area contributed by atoms with Crippen molar-refractivity contribution in [1.29, 1.82) is 0 Å². The highest BCUT2D eigenvalue weighted by atomic mass is 127. The van der Waals surface area contributed by atoms with Gasteiger partial charge in [0.05, 0.1) is 0 Å². The molecule has 1 fully saturated rings. The molecule has 1 aliphatic rings. The Hall–Kier alpha value is -0.410. The minimum atomic E-state index is -0.144. The zero-order chi connectivity index (χ0) is 17.4. The van der Waals surface area contributed by atoms with Crippen LogP contribution in [0.25, 0.3) is 0 Å². The van der Waals surface area contributed by atoms with Gasteiger partial charge in [-0.1, -0.05) is 22.0 Å². The number of guanidine groups is 1. The summed E-state index contributed by atoms with van der Waals surface area (Å²) < 4.78 is 14.5. The summed E-state index contributed by atoms with van der Waals surface area (Å²) in [5.41, 5.74) is 0.759. The van der Waals surface area contributed by atoms with E-state index in [0.29, 0.717) is 0 Å². The lowest BCUT2D eigenvalue weighted by molar-refractivity contribution is 0.220. The third kappa shape index (κ3) is 8.21. The number of halogens is 3. The van der Waals surface area contributed by atoms with Gasteiger partial charge in [-0.25, -0.2) is 4.39 Å². The molecule has 4 nitrogen and oxygen atoms in total. The summed E-state index contributed by atoms with van der Waals surface area (Å²) in [5.74, 6) is 1.41. The van der Waals surface area contributed by atoms with E-state index in [0.717, 1.165) is 47.8 Å². The quantitative estimate of drug-likeness (QED) is 0.257. The molecular formula is C18H29BrFIN4. The normalized spacial score (nSPS) is 16.4. The molecule has 0 aromatic heterocycles. The lowest BCUT2D eigenvalue weighted by atomic mass is 9.97. The SMILES string of the molecule is CN=C(NCCCc1ccc(Br)cc1F)NCC1CCN(C)CC1.I. The first-order valence-corrected chi connectivity index (χ1v) is 9.44. The van der Waals surface area contributed by atoms with Crippen molar-refractivity contribution in [1.82, 2.24) is 15.5 Å². The largest absolute Gasteiger partial charge is 0.356 e. The number of rotatable bonds is 6. The van der Waals surface area contributed by atoms with Crippen LogP contribution >= 0.6 is 39.9 Å². The Morgan fingerprint density at radius 3 is 2.68 bits per heavy atom. The van der Waals surface area contributed by atoms with Crippen LogP contribution in [0.2, 0.25) is 0 Å². The average molecular weight is 527 g/mol. The van der Waals surface area contributed by atoms with Gasteiger partial charge in [0.25, 0.3) is 0 Å². The summed E-state index contributed by atoms with van der Waals surface area (Å²) in [5, 5.41) is 6.73. The Labute approximate surface area is 176 Å². The van der Waals surface area contributed by atoms with Gasteiger partial charge in [0, 0.05) is 24.6 Å². The fourth-order valence-corrected chi connectivity index (χ4v) is 3.27. The molecule has 1 aliphatic heterocycles. The summed E-state index contributed by atoms with van der Waals surface area (Å²) in [6, 6.07) is 5.24. The highest BCUT2D eigenvalue weighted by Crippen LogP contribution is 2.16. The summed E-state index contributed by atoms with van der Waals surface area (Å²) in [6.07, 6.45) is 4.07. The maximum Gasteiger partial charge on any atom is 0.190 e. The Balaban J connectivity index is 0.00000312. The van der Waals surface area contributed by atoms with Crippen molar-refractivity contribution in [2.75, 3.05) is 40.3 Å². The number of nitrogens with one attached hydrogen (secondary N) is 2. The third-order valence-corrected chi connectivity index (χ3v) is 5.04. The first-order chi connectivity index (χ1) is 11.6. The number of hydrogen-bond acceptors (Lipinski definition) is 2. The van der Waals surface area contributed by atoms with E-state index in [1.165, 1.54) is 32.0 Å².